The standard InChI is InChI=1S/C10H13N3O/c1-10(2,3)8-7-6(12-5-13-8)4-11-9(7)14/h5H,4H2,1-3H3,(H,11,14). The predicted octanol–water partition coefficient (Wildman–Crippen LogP) is 1.02. The monoisotopic (exact) mass is 191 g/mol. The fourth-order valence-electron chi connectivity index (χ4n) is 1.62. The van der Waals surface area contributed by atoms with Gasteiger partial charge in [-0.05, 0) is 0 Å². The fraction of sp³-hybridized carbons (Fsp3) is 0.500. The van der Waals surface area contributed by atoms with Crippen LogP contribution >= 0.6 is 0 Å². The van der Waals surface area contributed by atoms with Gasteiger partial charge >= 0.3 is 0 Å². The summed E-state index contributed by atoms with van der Waals surface area (Å²) in [5.41, 5.74) is 2.20. The zero-order chi connectivity index (χ0) is 10.3. The van der Waals surface area contributed by atoms with Gasteiger partial charge in [0.2, 0.25) is 0 Å². The first-order chi connectivity index (χ1) is 6.50. The van der Waals surface area contributed by atoms with E-state index < -0.39 is 0 Å². The third-order valence-electron chi connectivity index (χ3n) is 2.28. The molecule has 1 amide bonds. The summed E-state index contributed by atoms with van der Waals surface area (Å²) in [4.78, 5) is 19.8. The summed E-state index contributed by atoms with van der Waals surface area (Å²) in [6.07, 6.45) is 1.53. The average Bonchev–Trinajstić information content (AvgIpc) is 2.46. The Labute approximate surface area is 82.8 Å². The molecule has 2 rings (SSSR count). The normalized spacial score (nSPS) is 15.2. The van der Waals surface area contributed by atoms with Gasteiger partial charge in [-0.3, -0.25) is 4.79 Å². The lowest BCUT2D eigenvalue weighted by molar-refractivity contribution is 0.0963. The summed E-state index contributed by atoms with van der Waals surface area (Å²) in [5.74, 6) is -0.0504. The van der Waals surface area contributed by atoms with Crippen molar-refractivity contribution in [1.82, 2.24) is 15.3 Å². The van der Waals surface area contributed by atoms with Gasteiger partial charge in [-0.15, -0.1) is 0 Å². The van der Waals surface area contributed by atoms with Crippen molar-refractivity contribution in [2.45, 2.75) is 32.7 Å². The van der Waals surface area contributed by atoms with Gasteiger partial charge in [-0.1, -0.05) is 20.8 Å². The van der Waals surface area contributed by atoms with Crippen molar-refractivity contribution in [3.8, 4) is 0 Å². The molecule has 4 nitrogen and oxygen atoms in total. The second-order valence-corrected chi connectivity index (χ2v) is 4.48. The minimum atomic E-state index is -0.116. The van der Waals surface area contributed by atoms with Crippen molar-refractivity contribution in [3.05, 3.63) is 23.3 Å². The van der Waals surface area contributed by atoms with Crippen LogP contribution in [0.4, 0.5) is 0 Å². The first-order valence-corrected chi connectivity index (χ1v) is 4.62. The van der Waals surface area contributed by atoms with E-state index in [1.54, 1.807) is 0 Å². The third-order valence-corrected chi connectivity index (χ3v) is 2.28. The summed E-state index contributed by atoms with van der Waals surface area (Å²) in [6.45, 7) is 6.66. The van der Waals surface area contributed by atoms with Crippen LogP contribution < -0.4 is 5.32 Å². The van der Waals surface area contributed by atoms with Crippen LogP contribution in [0.15, 0.2) is 6.33 Å². The van der Waals surface area contributed by atoms with E-state index in [9.17, 15) is 4.79 Å². The molecule has 4 heteroatoms. The lowest BCUT2D eigenvalue weighted by Gasteiger charge is -2.19. The molecule has 1 aliphatic heterocycles. The SMILES string of the molecule is CC(C)(C)c1ncnc2c1C(=O)NC2. The second-order valence-electron chi connectivity index (χ2n) is 4.48. The Kier molecular flexibility index (Phi) is 1.80. The van der Waals surface area contributed by atoms with Crippen LogP contribution in [0.3, 0.4) is 0 Å². The molecule has 1 aliphatic rings. The first-order valence-electron chi connectivity index (χ1n) is 4.62. The number of rotatable bonds is 0. The van der Waals surface area contributed by atoms with E-state index in [1.165, 1.54) is 6.33 Å². The number of aromatic nitrogens is 2. The molecule has 0 fully saturated rings. The summed E-state index contributed by atoms with van der Waals surface area (Å²) in [5, 5.41) is 2.76. The van der Waals surface area contributed by atoms with Crippen LogP contribution in [-0.4, -0.2) is 15.9 Å². The molecular weight excluding hydrogens is 178 g/mol. The van der Waals surface area contributed by atoms with Gasteiger partial charge < -0.3 is 5.32 Å². The van der Waals surface area contributed by atoms with Crippen LogP contribution in [0.1, 0.15) is 42.5 Å². The molecule has 0 radical (unpaired) electrons. The predicted molar refractivity (Wildman–Crippen MR) is 51.9 cm³/mol. The smallest absolute Gasteiger partial charge is 0.255 e. The maximum atomic E-state index is 11.5. The molecule has 1 aromatic heterocycles. The van der Waals surface area contributed by atoms with E-state index in [4.69, 9.17) is 0 Å². The average molecular weight is 191 g/mol. The van der Waals surface area contributed by atoms with Crippen molar-refractivity contribution in [3.63, 3.8) is 0 Å². The molecule has 74 valence electrons. The highest BCUT2D eigenvalue weighted by Gasteiger charge is 2.30. The molecular formula is C10H13N3O. The highest BCUT2D eigenvalue weighted by molar-refractivity contribution is 5.99. The molecule has 0 bridgehead atoms. The Balaban J connectivity index is 2.64. The Hall–Kier alpha value is -1.45. The lowest BCUT2D eigenvalue weighted by atomic mass is 9.88. The van der Waals surface area contributed by atoms with E-state index >= 15 is 0 Å². The summed E-state index contributed by atoms with van der Waals surface area (Å²) in [6, 6.07) is 0. The van der Waals surface area contributed by atoms with Gasteiger partial charge in [0.25, 0.3) is 5.91 Å². The van der Waals surface area contributed by atoms with Gasteiger partial charge in [-0.2, -0.15) is 0 Å². The molecule has 0 unspecified atom stereocenters. The highest BCUT2D eigenvalue weighted by atomic mass is 16.1. The van der Waals surface area contributed by atoms with Gasteiger partial charge in [0.1, 0.15) is 6.33 Å². The zero-order valence-corrected chi connectivity index (χ0v) is 8.59. The summed E-state index contributed by atoms with van der Waals surface area (Å²) < 4.78 is 0. The Morgan fingerprint density at radius 3 is 2.71 bits per heavy atom. The van der Waals surface area contributed by atoms with Crippen LogP contribution in [0, 0.1) is 0 Å². The number of amides is 1. The highest BCUT2D eigenvalue weighted by Crippen LogP contribution is 2.26. The van der Waals surface area contributed by atoms with Crippen LogP contribution in [0.5, 0.6) is 0 Å². The molecule has 0 saturated carbocycles. The minimum absolute atomic E-state index is 0.0504. The molecule has 14 heavy (non-hydrogen) atoms. The van der Waals surface area contributed by atoms with E-state index in [2.05, 4.69) is 15.3 Å². The maximum Gasteiger partial charge on any atom is 0.255 e. The number of carbonyl (C=O) groups excluding carboxylic acids is 1. The van der Waals surface area contributed by atoms with Crippen molar-refractivity contribution in [1.29, 1.82) is 0 Å². The zero-order valence-electron chi connectivity index (χ0n) is 8.59. The molecule has 0 aromatic carbocycles. The van der Waals surface area contributed by atoms with Crippen LogP contribution in [-0.2, 0) is 12.0 Å². The van der Waals surface area contributed by atoms with Crippen LogP contribution in [0.2, 0.25) is 0 Å². The van der Waals surface area contributed by atoms with Crippen molar-refractivity contribution >= 4 is 5.91 Å². The molecule has 0 saturated heterocycles. The van der Waals surface area contributed by atoms with E-state index in [1.807, 2.05) is 20.8 Å². The summed E-state index contributed by atoms with van der Waals surface area (Å²) >= 11 is 0. The van der Waals surface area contributed by atoms with Crippen molar-refractivity contribution < 1.29 is 4.79 Å². The second kappa shape index (κ2) is 2.77. The topological polar surface area (TPSA) is 54.9 Å². The molecule has 0 aliphatic carbocycles. The lowest BCUT2D eigenvalue weighted by Crippen LogP contribution is -2.21. The van der Waals surface area contributed by atoms with Gasteiger partial charge in [0.05, 0.1) is 23.5 Å². The number of fused-ring (bicyclic) bond motifs is 1. The quantitative estimate of drug-likeness (QED) is 0.666. The minimum Gasteiger partial charge on any atom is -0.346 e. The largest absolute Gasteiger partial charge is 0.346 e. The van der Waals surface area contributed by atoms with Gasteiger partial charge in [0.15, 0.2) is 0 Å². The molecule has 1 N–H and O–H groups in total. The number of hydrogen-bond acceptors (Lipinski definition) is 3. The molecule has 0 atom stereocenters. The Morgan fingerprint density at radius 2 is 2.07 bits per heavy atom. The van der Waals surface area contributed by atoms with E-state index in [0.717, 1.165) is 11.4 Å². The van der Waals surface area contributed by atoms with Crippen LogP contribution in [0.25, 0.3) is 0 Å². The number of nitrogens with zero attached hydrogens (tertiary/aromatic N) is 2. The molecule has 1 aromatic rings. The molecule has 2 heterocycles. The number of hydrogen-bond donors (Lipinski definition) is 1. The van der Waals surface area contributed by atoms with E-state index in [-0.39, 0.29) is 11.3 Å². The molecule has 0 spiro atoms. The van der Waals surface area contributed by atoms with Gasteiger partial charge in [-0.25, -0.2) is 9.97 Å². The van der Waals surface area contributed by atoms with Gasteiger partial charge in [0, 0.05) is 5.41 Å². The number of carbonyl (C=O) groups is 1. The van der Waals surface area contributed by atoms with Crippen molar-refractivity contribution in [2.75, 3.05) is 0 Å². The Morgan fingerprint density at radius 1 is 1.36 bits per heavy atom. The van der Waals surface area contributed by atoms with Crippen molar-refractivity contribution in [2.24, 2.45) is 0 Å². The summed E-state index contributed by atoms with van der Waals surface area (Å²) in [7, 11) is 0. The van der Waals surface area contributed by atoms with E-state index in [0.29, 0.717) is 12.1 Å². The third kappa shape index (κ3) is 1.27. The Bertz CT molecular complexity index is 393. The maximum absolute atomic E-state index is 11.5. The fourth-order valence-corrected chi connectivity index (χ4v) is 1.62. The first kappa shape index (κ1) is 9.12. The number of nitrogens with one attached hydrogen (secondary N) is 1.